The number of hydrogen-bond acceptors (Lipinski definition) is 0. The van der Waals surface area contributed by atoms with Gasteiger partial charge in [0.25, 0.3) is 0 Å². The fraction of sp³-hybridized carbons (Fsp3) is 0.278. The van der Waals surface area contributed by atoms with Gasteiger partial charge in [-0.05, 0) is 69.0 Å². The van der Waals surface area contributed by atoms with Gasteiger partial charge in [0, 0.05) is 5.41 Å². The monoisotopic (exact) mass is 774 g/mol. The summed E-state index contributed by atoms with van der Waals surface area (Å²) in [5.74, 6) is -24.8. The Balaban J connectivity index is 2.17. The molecule has 0 aliphatic carbocycles. The third-order valence-electron chi connectivity index (χ3n) is 9.20. The predicted octanol–water partition coefficient (Wildman–Crippen LogP) is 9.86. The third-order valence-corrected chi connectivity index (χ3v) is 16.4. The molecule has 0 aromatic heterocycles. The van der Waals surface area contributed by atoms with Gasteiger partial charge in [0.15, 0.2) is 34.9 Å². The van der Waals surface area contributed by atoms with Gasteiger partial charge in [0.2, 0.25) is 4.97 Å². The lowest BCUT2D eigenvalue weighted by atomic mass is 9.38. The fourth-order valence-electron chi connectivity index (χ4n) is 7.94. The summed E-state index contributed by atoms with van der Waals surface area (Å²) in [6, 6.07) is 7.27. The second-order valence-corrected chi connectivity index (χ2v) is 18.4. The van der Waals surface area contributed by atoms with Crippen molar-refractivity contribution in [2.45, 2.75) is 62.3 Å². The zero-order valence-corrected chi connectivity index (χ0v) is 30.5. The van der Waals surface area contributed by atoms with E-state index in [4.69, 9.17) is 0 Å². The van der Waals surface area contributed by atoms with Gasteiger partial charge in [0.1, 0.15) is 41.1 Å². The van der Waals surface area contributed by atoms with Crippen molar-refractivity contribution in [2.24, 2.45) is 5.41 Å². The average molecular weight is 775 g/mol. The van der Waals surface area contributed by atoms with Crippen LogP contribution in [0, 0.1) is 105 Å². The molecule has 0 bridgehead atoms. The molecule has 0 atom stereocenters. The molecule has 0 amide bonds. The Kier molecular flexibility index (Phi) is 9.10. The summed E-state index contributed by atoms with van der Waals surface area (Å²) in [4.78, 5) is -4.37. The van der Waals surface area contributed by atoms with Crippen molar-refractivity contribution in [3.63, 3.8) is 0 Å². The van der Waals surface area contributed by atoms with Gasteiger partial charge in [-0.3, -0.25) is 0 Å². The third kappa shape index (κ3) is 5.13. The van der Waals surface area contributed by atoms with Crippen LogP contribution >= 0.6 is 23.0 Å². The summed E-state index contributed by atoms with van der Waals surface area (Å²) in [5, 5.41) is 1.31. The molecule has 0 nitrogen and oxygen atoms in total. The Morgan fingerprint density at radius 2 is 0.714 bits per heavy atom. The Labute approximate surface area is 286 Å². The predicted molar refractivity (Wildman–Crippen MR) is 180 cm³/mol. The van der Waals surface area contributed by atoms with Crippen molar-refractivity contribution in [3.05, 3.63) is 126 Å². The van der Waals surface area contributed by atoms with Crippen molar-refractivity contribution < 1.29 is 43.9 Å². The smallest absolute Gasteiger partial charge is 0.201 e. The van der Waals surface area contributed by atoms with Crippen LogP contribution in [-0.4, -0.2) is 4.97 Å². The second kappa shape index (κ2) is 12.0. The first-order valence-electron chi connectivity index (χ1n) is 15.2. The molecule has 4 aromatic rings. The lowest BCUT2D eigenvalue weighted by Gasteiger charge is -2.36. The lowest BCUT2D eigenvalue weighted by Crippen LogP contribution is -2.60. The highest BCUT2D eigenvalue weighted by molar-refractivity contribution is 9.27. The van der Waals surface area contributed by atoms with E-state index in [0.717, 1.165) is 11.1 Å². The molecule has 1 heterocycles. The molecule has 0 N–H and O–H groups in total. The topological polar surface area (TPSA) is 0 Å². The summed E-state index contributed by atoms with van der Waals surface area (Å²) in [6.07, 6.45) is 0. The van der Waals surface area contributed by atoms with Gasteiger partial charge in [-0.15, -0.1) is 10.9 Å². The van der Waals surface area contributed by atoms with Crippen molar-refractivity contribution in [3.8, 4) is 0 Å². The Morgan fingerprint density at radius 1 is 0.469 bits per heavy atom. The van der Waals surface area contributed by atoms with E-state index in [-0.39, 0.29) is 5.21 Å². The van der Waals surface area contributed by atoms with Gasteiger partial charge in [0.05, 0.1) is 5.31 Å². The van der Waals surface area contributed by atoms with Crippen LogP contribution in [0.15, 0.2) is 34.8 Å². The van der Waals surface area contributed by atoms with Crippen LogP contribution in [-0.2, 0) is 0 Å². The largest absolute Gasteiger partial charge is 0.332 e. The minimum absolute atomic E-state index is 0.184. The summed E-state index contributed by atoms with van der Waals surface area (Å²) in [6.45, 7) is 15.8. The molecule has 260 valence electrons. The molecule has 0 saturated carbocycles. The highest BCUT2D eigenvalue weighted by atomic mass is 79.9. The first-order chi connectivity index (χ1) is 22.5. The van der Waals surface area contributed by atoms with E-state index in [1.54, 1.807) is 48.5 Å². The molecule has 1 aliphatic heterocycles. The molecule has 0 radical (unpaired) electrons. The number of rotatable bonds is 5. The Morgan fingerprint density at radius 3 is 0.959 bits per heavy atom. The Bertz CT molecular complexity index is 1920. The first-order valence-corrected chi connectivity index (χ1v) is 17.9. The van der Waals surface area contributed by atoms with Crippen LogP contribution in [0.3, 0.4) is 0 Å². The van der Waals surface area contributed by atoms with E-state index >= 15 is 35.1 Å². The molecule has 1 aliphatic rings. The SMILES string of the molecule is Cc1cc(C)c([P+]2(c3c(C)cc(C)cc3C)C([B-](Br)(c3c(F)c(F)c(F)c(F)c3F)c3c(F)c(F)c(F)c(F)c3F)=C2C(C)(C)C)c(C)c1. The van der Waals surface area contributed by atoms with Crippen LogP contribution in [0.2, 0.25) is 0 Å². The molecule has 13 heteroatoms. The maximum Gasteiger partial charge on any atom is 0.201 e. The maximum atomic E-state index is 16.2. The molecule has 0 saturated heterocycles. The highest BCUT2D eigenvalue weighted by Gasteiger charge is 2.73. The van der Waals surface area contributed by atoms with Crippen molar-refractivity contribution >= 4 is 49.5 Å². The molecule has 4 aromatic carbocycles. The van der Waals surface area contributed by atoms with E-state index in [9.17, 15) is 8.78 Å². The number of hydrogen-bond donors (Lipinski definition) is 0. The number of benzene rings is 4. The van der Waals surface area contributed by atoms with Gasteiger partial charge in [-0.1, -0.05) is 56.2 Å². The standard InChI is InChI=1S/C36H31BBrF10P/c1-14-10-16(3)32(17(4)11-14)49(33-18(5)12-15(2)13-19(33)6)34(36(7,8)9)35(49)37(38,20-22(39)26(43)30(47)27(44)23(20)40)21-24(41)28(45)31(48)29(46)25(21)42/h10-13H,1-9H3. The van der Waals surface area contributed by atoms with E-state index < -0.39 is 86.7 Å². The van der Waals surface area contributed by atoms with Crippen LogP contribution < -0.4 is 21.5 Å². The number of halogens is 11. The fourth-order valence-corrected chi connectivity index (χ4v) is 16.8. The maximum absolute atomic E-state index is 16.2. The zero-order chi connectivity index (χ0) is 37.0. The van der Waals surface area contributed by atoms with Gasteiger partial charge >= 0.3 is 0 Å². The van der Waals surface area contributed by atoms with Crippen molar-refractivity contribution in [1.29, 1.82) is 0 Å². The summed E-state index contributed by atoms with van der Waals surface area (Å²) in [7, 11) is -3.57. The zero-order valence-electron chi connectivity index (χ0n) is 28.0. The van der Waals surface area contributed by atoms with Crippen molar-refractivity contribution in [1.82, 2.24) is 0 Å². The molecular weight excluding hydrogens is 744 g/mol. The second-order valence-electron chi connectivity index (χ2n) is 13.9. The van der Waals surface area contributed by atoms with E-state index in [1.165, 1.54) is 0 Å². The lowest BCUT2D eigenvalue weighted by molar-refractivity contribution is 0.382. The van der Waals surface area contributed by atoms with Crippen LogP contribution in [0.5, 0.6) is 0 Å². The van der Waals surface area contributed by atoms with Gasteiger partial charge in [-0.2, -0.15) is 0 Å². The van der Waals surface area contributed by atoms with Crippen molar-refractivity contribution in [2.75, 3.05) is 0 Å². The first kappa shape index (κ1) is 37.2. The highest BCUT2D eigenvalue weighted by Crippen LogP contribution is 2.91. The Hall–Kier alpha value is -3.11. The summed E-state index contributed by atoms with van der Waals surface area (Å²) in [5.41, 5.74) is -0.331. The van der Waals surface area contributed by atoms with Crippen LogP contribution in [0.1, 0.15) is 54.2 Å². The normalized spacial score (nSPS) is 14.6. The molecule has 0 fully saturated rings. The summed E-state index contributed by atoms with van der Waals surface area (Å²) >= 11 is 3.11. The summed E-state index contributed by atoms with van der Waals surface area (Å²) < 4.78 is 154. The quantitative estimate of drug-likeness (QED) is 0.0623. The van der Waals surface area contributed by atoms with E-state index in [1.807, 2.05) is 38.1 Å². The molecule has 0 spiro atoms. The van der Waals surface area contributed by atoms with Gasteiger partial charge < -0.3 is 15.8 Å². The minimum Gasteiger partial charge on any atom is -0.332 e. The van der Waals surface area contributed by atoms with E-state index in [0.29, 0.717) is 38.2 Å². The van der Waals surface area contributed by atoms with Crippen LogP contribution in [0.4, 0.5) is 43.9 Å². The average Bonchev–Trinajstić information content (AvgIpc) is 3.67. The number of aryl methyl sites for hydroxylation is 6. The van der Waals surface area contributed by atoms with Gasteiger partial charge in [-0.25, -0.2) is 43.9 Å². The van der Waals surface area contributed by atoms with E-state index in [2.05, 4.69) is 15.8 Å². The van der Waals surface area contributed by atoms with Crippen LogP contribution in [0.25, 0.3) is 0 Å². The molecular formula is C36H31BBrF10P. The molecule has 5 rings (SSSR count). The minimum atomic E-state index is -4.37. The number of allylic oxidation sites excluding steroid dienone is 1. The molecule has 0 unspecified atom stereocenters. The molecule has 49 heavy (non-hydrogen) atoms.